The molecule has 162 valence electrons. The topological polar surface area (TPSA) is 133 Å². The van der Waals surface area contributed by atoms with Crippen molar-refractivity contribution in [3.8, 4) is 0 Å². The van der Waals surface area contributed by atoms with Crippen LogP contribution in [0, 0.1) is 33.6 Å². The molecule has 2 aromatic rings. The summed E-state index contributed by atoms with van der Waals surface area (Å²) < 4.78 is 27.6. The van der Waals surface area contributed by atoms with E-state index >= 15 is 0 Å². The second kappa shape index (κ2) is 9.48. The highest BCUT2D eigenvalue weighted by atomic mass is 35.5. The Balaban J connectivity index is 1.81. The summed E-state index contributed by atoms with van der Waals surface area (Å²) >= 11 is 5.83. The van der Waals surface area contributed by atoms with Crippen LogP contribution in [0.1, 0.15) is 36.9 Å². The number of aromatic nitrogens is 2. The van der Waals surface area contributed by atoms with Crippen LogP contribution in [0.3, 0.4) is 0 Å². The summed E-state index contributed by atoms with van der Waals surface area (Å²) in [6.45, 7) is 0.432. The van der Waals surface area contributed by atoms with Crippen molar-refractivity contribution in [2.45, 2.75) is 38.6 Å². The van der Waals surface area contributed by atoms with Crippen LogP contribution in [0.4, 0.5) is 26.2 Å². The standard InChI is InChI=1S/C19H23ClF2N6O2/c20-16-12(13(21)5-6-14(16)22)9-25-19-26-15(17(28(29)30)18(24)27-19)7-10-1-3-11(8-23)4-2-10/h5-6,10-11H,1-4,7-9,23H2,(H3,24,25,26,27). The first-order valence-electron chi connectivity index (χ1n) is 9.67. The van der Waals surface area contributed by atoms with E-state index in [9.17, 15) is 18.9 Å². The van der Waals surface area contributed by atoms with Crippen LogP contribution in [0.5, 0.6) is 0 Å². The van der Waals surface area contributed by atoms with Gasteiger partial charge in [0.1, 0.15) is 17.3 Å². The van der Waals surface area contributed by atoms with Gasteiger partial charge in [-0.25, -0.2) is 13.8 Å². The van der Waals surface area contributed by atoms with Gasteiger partial charge >= 0.3 is 5.69 Å². The molecule has 1 aromatic carbocycles. The second-order valence-electron chi connectivity index (χ2n) is 7.49. The van der Waals surface area contributed by atoms with Gasteiger partial charge in [-0.15, -0.1) is 0 Å². The van der Waals surface area contributed by atoms with Crippen molar-refractivity contribution in [1.82, 2.24) is 9.97 Å². The molecule has 0 atom stereocenters. The Hall–Kier alpha value is -2.59. The summed E-state index contributed by atoms with van der Waals surface area (Å²) in [6, 6.07) is 1.89. The predicted octanol–water partition coefficient (Wildman–Crippen LogP) is 3.82. The Morgan fingerprint density at radius 2 is 1.80 bits per heavy atom. The number of nitrogens with zero attached hydrogens (tertiary/aromatic N) is 3. The number of anilines is 2. The smallest absolute Gasteiger partial charge is 0.332 e. The first-order valence-corrected chi connectivity index (χ1v) is 10.0. The van der Waals surface area contributed by atoms with Crippen molar-refractivity contribution in [3.63, 3.8) is 0 Å². The molecule has 1 heterocycles. The van der Waals surface area contributed by atoms with Crippen molar-refractivity contribution in [2.75, 3.05) is 17.6 Å². The minimum atomic E-state index is -0.757. The molecule has 0 spiro atoms. The number of hydrogen-bond acceptors (Lipinski definition) is 7. The number of nitrogens with one attached hydrogen (secondary N) is 1. The molecule has 0 aliphatic heterocycles. The van der Waals surface area contributed by atoms with Gasteiger partial charge in [-0.1, -0.05) is 11.6 Å². The highest BCUT2D eigenvalue weighted by Crippen LogP contribution is 2.34. The minimum Gasteiger partial charge on any atom is -0.378 e. The first kappa shape index (κ1) is 22.1. The summed E-state index contributed by atoms with van der Waals surface area (Å²) in [4.78, 5) is 19.1. The third-order valence-electron chi connectivity index (χ3n) is 5.51. The molecule has 0 radical (unpaired) electrons. The monoisotopic (exact) mass is 440 g/mol. The number of benzene rings is 1. The Kier molecular flexibility index (Phi) is 6.99. The number of nitrogen functional groups attached to an aromatic ring is 1. The van der Waals surface area contributed by atoms with Gasteiger partial charge in [-0.2, -0.15) is 4.98 Å². The number of halogens is 3. The molecule has 8 nitrogen and oxygen atoms in total. The lowest BCUT2D eigenvalue weighted by Gasteiger charge is -2.27. The quantitative estimate of drug-likeness (QED) is 0.338. The van der Waals surface area contributed by atoms with Crippen molar-refractivity contribution < 1.29 is 13.7 Å². The summed E-state index contributed by atoms with van der Waals surface area (Å²) in [5, 5.41) is 13.9. The van der Waals surface area contributed by atoms with E-state index in [0.717, 1.165) is 37.8 Å². The third kappa shape index (κ3) is 4.93. The van der Waals surface area contributed by atoms with Crippen LogP contribution >= 0.6 is 11.6 Å². The van der Waals surface area contributed by atoms with E-state index in [2.05, 4.69) is 15.3 Å². The molecular weight excluding hydrogens is 418 g/mol. The molecule has 5 N–H and O–H groups in total. The van der Waals surface area contributed by atoms with Gasteiger partial charge in [-0.05, 0) is 62.6 Å². The van der Waals surface area contributed by atoms with Gasteiger partial charge in [0, 0.05) is 12.1 Å². The summed E-state index contributed by atoms with van der Waals surface area (Å²) in [7, 11) is 0. The van der Waals surface area contributed by atoms with Crippen molar-refractivity contribution in [1.29, 1.82) is 0 Å². The van der Waals surface area contributed by atoms with Crippen molar-refractivity contribution in [3.05, 3.63) is 50.2 Å². The van der Waals surface area contributed by atoms with Crippen LogP contribution in [0.15, 0.2) is 12.1 Å². The largest absolute Gasteiger partial charge is 0.378 e. The average Bonchev–Trinajstić information content (AvgIpc) is 2.71. The Morgan fingerprint density at radius 1 is 1.17 bits per heavy atom. The number of nitrogens with two attached hydrogens (primary N) is 2. The van der Waals surface area contributed by atoms with Crippen LogP contribution in [-0.2, 0) is 13.0 Å². The first-order chi connectivity index (χ1) is 14.3. The van der Waals surface area contributed by atoms with Gasteiger partial charge in [0.25, 0.3) is 0 Å². The molecule has 1 aliphatic carbocycles. The third-order valence-corrected chi connectivity index (χ3v) is 5.92. The molecule has 0 saturated heterocycles. The average molecular weight is 441 g/mol. The van der Waals surface area contributed by atoms with E-state index in [1.807, 2.05) is 0 Å². The van der Waals surface area contributed by atoms with Gasteiger partial charge in [-0.3, -0.25) is 10.1 Å². The fraction of sp³-hybridized carbons (Fsp3) is 0.474. The highest BCUT2D eigenvalue weighted by Gasteiger charge is 2.28. The number of nitro groups is 1. The van der Waals surface area contributed by atoms with E-state index in [4.69, 9.17) is 23.1 Å². The lowest BCUT2D eigenvalue weighted by atomic mass is 9.80. The van der Waals surface area contributed by atoms with Gasteiger partial charge < -0.3 is 16.8 Å². The summed E-state index contributed by atoms with van der Waals surface area (Å²) in [6.07, 6.45) is 4.12. The predicted molar refractivity (Wildman–Crippen MR) is 110 cm³/mol. The molecular formula is C19H23ClF2N6O2. The molecule has 0 unspecified atom stereocenters. The van der Waals surface area contributed by atoms with Gasteiger partial charge in [0.05, 0.1) is 9.95 Å². The van der Waals surface area contributed by atoms with Gasteiger partial charge in [0.15, 0.2) is 0 Å². The van der Waals surface area contributed by atoms with E-state index in [1.165, 1.54) is 0 Å². The second-order valence-corrected chi connectivity index (χ2v) is 7.86. The van der Waals surface area contributed by atoms with Crippen molar-refractivity contribution in [2.24, 2.45) is 17.6 Å². The SMILES string of the molecule is NCC1CCC(Cc2nc(NCc3c(F)ccc(F)c3Cl)nc(N)c2[N+](=O)[O-])CC1. The van der Waals surface area contributed by atoms with Gasteiger partial charge in [0.2, 0.25) is 11.8 Å². The zero-order chi connectivity index (χ0) is 21.8. The molecule has 1 saturated carbocycles. The van der Waals surface area contributed by atoms with Crippen LogP contribution in [0.2, 0.25) is 5.02 Å². The lowest BCUT2D eigenvalue weighted by Crippen LogP contribution is -2.23. The lowest BCUT2D eigenvalue weighted by molar-refractivity contribution is -0.385. The molecule has 1 fully saturated rings. The Morgan fingerprint density at radius 3 is 2.43 bits per heavy atom. The van der Waals surface area contributed by atoms with Crippen LogP contribution < -0.4 is 16.8 Å². The normalized spacial score (nSPS) is 18.9. The summed E-state index contributed by atoms with van der Waals surface area (Å²) in [5.74, 6) is -1.04. The molecule has 1 aliphatic rings. The fourth-order valence-corrected chi connectivity index (χ4v) is 4.00. The number of hydrogen-bond donors (Lipinski definition) is 3. The molecule has 0 bridgehead atoms. The Labute approximate surface area is 177 Å². The molecule has 30 heavy (non-hydrogen) atoms. The minimum absolute atomic E-state index is 0.0107. The maximum Gasteiger partial charge on any atom is 0.332 e. The molecule has 0 amide bonds. The molecule has 3 rings (SSSR count). The van der Waals surface area contributed by atoms with E-state index in [0.29, 0.717) is 18.9 Å². The number of rotatable bonds is 7. The van der Waals surface area contributed by atoms with Crippen LogP contribution in [-0.4, -0.2) is 21.4 Å². The molecule has 1 aromatic heterocycles. The van der Waals surface area contributed by atoms with E-state index < -0.39 is 16.6 Å². The zero-order valence-corrected chi connectivity index (χ0v) is 17.0. The maximum absolute atomic E-state index is 14.0. The fourth-order valence-electron chi connectivity index (χ4n) is 3.78. The van der Waals surface area contributed by atoms with E-state index in [1.54, 1.807) is 0 Å². The maximum atomic E-state index is 14.0. The molecule has 11 heteroatoms. The van der Waals surface area contributed by atoms with Crippen molar-refractivity contribution >= 4 is 29.1 Å². The zero-order valence-electron chi connectivity index (χ0n) is 16.2. The highest BCUT2D eigenvalue weighted by molar-refractivity contribution is 6.31. The van der Waals surface area contributed by atoms with Crippen LogP contribution in [0.25, 0.3) is 0 Å². The Bertz CT molecular complexity index is 938. The van der Waals surface area contributed by atoms with E-state index in [-0.39, 0.29) is 46.2 Å². The summed E-state index contributed by atoms with van der Waals surface area (Å²) in [5.41, 5.74) is 11.3.